The van der Waals surface area contributed by atoms with Gasteiger partial charge in [-0.2, -0.15) is 5.10 Å². The van der Waals surface area contributed by atoms with E-state index in [0.29, 0.717) is 12.1 Å². The molecule has 0 saturated carbocycles. The quantitative estimate of drug-likeness (QED) is 0.379. The fraction of sp³-hybridized carbons (Fsp3) is 0.167. The molecule has 2 aromatic rings. The lowest BCUT2D eigenvalue weighted by atomic mass is 9.88. The molecule has 128 valence electrons. The first-order valence-corrected chi connectivity index (χ1v) is 7.74. The predicted molar refractivity (Wildman–Crippen MR) is 91.2 cm³/mol. The van der Waals surface area contributed by atoms with Gasteiger partial charge in [0.15, 0.2) is 0 Å². The average Bonchev–Trinajstić information content (AvgIpc) is 2.99. The molecule has 4 N–H and O–H groups in total. The number of phenols is 2. The number of carbonyl (C=O) groups is 2. The van der Waals surface area contributed by atoms with Crippen LogP contribution in [0.5, 0.6) is 11.5 Å². The van der Waals surface area contributed by atoms with Crippen LogP contribution >= 0.6 is 0 Å². The van der Waals surface area contributed by atoms with Crippen molar-refractivity contribution in [1.82, 2.24) is 10.7 Å². The summed E-state index contributed by atoms with van der Waals surface area (Å²) < 4.78 is 0. The van der Waals surface area contributed by atoms with Crippen molar-refractivity contribution in [2.75, 3.05) is 6.54 Å². The Hall–Kier alpha value is -3.35. The first-order chi connectivity index (χ1) is 12.1. The Morgan fingerprint density at radius 2 is 1.96 bits per heavy atom. The summed E-state index contributed by atoms with van der Waals surface area (Å²) in [5.74, 6) is -2.22. The van der Waals surface area contributed by atoms with E-state index in [1.165, 1.54) is 24.4 Å². The molecule has 0 aromatic heterocycles. The molecule has 7 nitrogen and oxygen atoms in total. The summed E-state index contributed by atoms with van der Waals surface area (Å²) in [5, 5.41) is 25.4. The summed E-state index contributed by atoms with van der Waals surface area (Å²) in [5.41, 5.74) is 3.57. The van der Waals surface area contributed by atoms with Gasteiger partial charge in [0.1, 0.15) is 17.4 Å². The molecule has 0 unspecified atom stereocenters. The van der Waals surface area contributed by atoms with Crippen LogP contribution < -0.4 is 10.7 Å². The van der Waals surface area contributed by atoms with Crippen molar-refractivity contribution in [3.05, 3.63) is 59.7 Å². The van der Waals surface area contributed by atoms with Gasteiger partial charge in [0, 0.05) is 24.1 Å². The average molecular weight is 339 g/mol. The molecule has 25 heavy (non-hydrogen) atoms. The van der Waals surface area contributed by atoms with E-state index in [1.54, 1.807) is 0 Å². The standard InChI is InChI=1S/C18H17N3O4/c22-13-7-6-12(15(23)8-13)9-20-21-18(25)16-14(10-19-17(16)24)11-4-2-1-3-5-11/h1-9,14,16,22-23H,10H2,(H,19,24)(H,21,25)/b20-9+/t14-,16+/m0/s1. The third kappa shape index (κ3) is 3.60. The second-order valence-electron chi connectivity index (χ2n) is 5.72. The number of hydrogen-bond donors (Lipinski definition) is 4. The summed E-state index contributed by atoms with van der Waals surface area (Å²) in [6.45, 7) is 0.392. The fourth-order valence-electron chi connectivity index (χ4n) is 2.81. The number of benzene rings is 2. The SMILES string of the molecule is O=C1NC[C@@H](c2ccccc2)[C@H]1C(=O)N/N=C/c1ccc(O)cc1O. The van der Waals surface area contributed by atoms with Crippen molar-refractivity contribution in [2.45, 2.75) is 5.92 Å². The minimum absolute atomic E-state index is 0.0768. The first-order valence-electron chi connectivity index (χ1n) is 7.74. The maximum Gasteiger partial charge on any atom is 0.253 e. The van der Waals surface area contributed by atoms with Crippen LogP contribution in [-0.4, -0.2) is 34.8 Å². The van der Waals surface area contributed by atoms with Gasteiger partial charge in [-0.05, 0) is 17.7 Å². The summed E-state index contributed by atoms with van der Waals surface area (Å²) >= 11 is 0. The Morgan fingerprint density at radius 3 is 2.68 bits per heavy atom. The van der Waals surface area contributed by atoms with Crippen LogP contribution in [0.4, 0.5) is 0 Å². The second kappa shape index (κ2) is 7.04. The molecule has 1 aliphatic rings. The molecule has 1 fully saturated rings. The lowest BCUT2D eigenvalue weighted by Crippen LogP contribution is -2.34. The molecule has 7 heteroatoms. The highest BCUT2D eigenvalue weighted by Gasteiger charge is 2.40. The molecular formula is C18H17N3O4. The number of nitrogens with zero attached hydrogens (tertiary/aromatic N) is 1. The fourth-order valence-corrected chi connectivity index (χ4v) is 2.81. The number of carbonyl (C=O) groups excluding carboxylic acids is 2. The Balaban J connectivity index is 1.71. The number of rotatable bonds is 4. The summed E-state index contributed by atoms with van der Waals surface area (Å²) in [7, 11) is 0. The lowest BCUT2D eigenvalue weighted by molar-refractivity contribution is -0.133. The van der Waals surface area contributed by atoms with Gasteiger partial charge in [0.25, 0.3) is 5.91 Å². The third-order valence-corrected chi connectivity index (χ3v) is 4.08. The van der Waals surface area contributed by atoms with Crippen LogP contribution in [0.2, 0.25) is 0 Å². The van der Waals surface area contributed by atoms with Gasteiger partial charge in [0.2, 0.25) is 5.91 Å². The van der Waals surface area contributed by atoms with Crippen molar-refractivity contribution < 1.29 is 19.8 Å². The van der Waals surface area contributed by atoms with Crippen molar-refractivity contribution >= 4 is 18.0 Å². The molecule has 1 aliphatic heterocycles. The van der Waals surface area contributed by atoms with Crippen molar-refractivity contribution in [3.63, 3.8) is 0 Å². The molecule has 2 amide bonds. The highest BCUT2D eigenvalue weighted by molar-refractivity contribution is 6.03. The van der Waals surface area contributed by atoms with E-state index in [2.05, 4.69) is 15.8 Å². The van der Waals surface area contributed by atoms with Gasteiger partial charge < -0.3 is 15.5 Å². The number of amides is 2. The maximum absolute atomic E-state index is 12.4. The molecule has 0 radical (unpaired) electrons. The number of aromatic hydroxyl groups is 2. The van der Waals surface area contributed by atoms with Gasteiger partial charge >= 0.3 is 0 Å². The molecule has 3 rings (SSSR count). The molecule has 2 atom stereocenters. The van der Waals surface area contributed by atoms with Crippen LogP contribution in [0.1, 0.15) is 17.0 Å². The minimum Gasteiger partial charge on any atom is -0.508 e. The summed E-state index contributed by atoms with van der Waals surface area (Å²) in [6, 6.07) is 13.4. The van der Waals surface area contributed by atoms with Gasteiger partial charge in [-0.25, -0.2) is 5.43 Å². The number of nitrogens with one attached hydrogen (secondary N) is 2. The highest BCUT2D eigenvalue weighted by atomic mass is 16.3. The smallest absolute Gasteiger partial charge is 0.253 e. The zero-order valence-corrected chi connectivity index (χ0v) is 13.2. The molecule has 0 bridgehead atoms. The first kappa shape index (κ1) is 16.5. The maximum atomic E-state index is 12.4. The summed E-state index contributed by atoms with van der Waals surface area (Å²) in [4.78, 5) is 24.4. The van der Waals surface area contributed by atoms with Gasteiger partial charge in [0.05, 0.1) is 6.21 Å². The Bertz CT molecular complexity index is 820. The van der Waals surface area contributed by atoms with Crippen LogP contribution in [0.3, 0.4) is 0 Å². The van der Waals surface area contributed by atoms with Crippen molar-refractivity contribution in [3.8, 4) is 11.5 Å². The molecule has 0 spiro atoms. The molecule has 1 saturated heterocycles. The normalized spacial score (nSPS) is 19.8. The van der Waals surface area contributed by atoms with Gasteiger partial charge in [-0.1, -0.05) is 30.3 Å². The Kier molecular flexibility index (Phi) is 4.65. The lowest BCUT2D eigenvalue weighted by Gasteiger charge is -2.15. The highest BCUT2D eigenvalue weighted by Crippen LogP contribution is 2.29. The van der Waals surface area contributed by atoms with E-state index in [4.69, 9.17) is 0 Å². The van der Waals surface area contributed by atoms with E-state index in [1.807, 2.05) is 30.3 Å². The number of phenolic OH excluding ortho intramolecular Hbond substituents is 2. The molecule has 1 heterocycles. The van der Waals surface area contributed by atoms with E-state index in [9.17, 15) is 19.8 Å². The second-order valence-corrected chi connectivity index (χ2v) is 5.72. The topological polar surface area (TPSA) is 111 Å². The summed E-state index contributed by atoms with van der Waals surface area (Å²) in [6.07, 6.45) is 1.25. The van der Waals surface area contributed by atoms with Gasteiger partial charge in [-0.15, -0.1) is 0 Å². The van der Waals surface area contributed by atoms with E-state index in [0.717, 1.165) is 5.56 Å². The van der Waals surface area contributed by atoms with Crippen LogP contribution in [0, 0.1) is 5.92 Å². The zero-order chi connectivity index (χ0) is 17.8. The molecular weight excluding hydrogens is 322 g/mol. The number of hydrogen-bond acceptors (Lipinski definition) is 5. The zero-order valence-electron chi connectivity index (χ0n) is 13.2. The van der Waals surface area contributed by atoms with E-state index in [-0.39, 0.29) is 23.3 Å². The number of hydrazone groups is 1. The van der Waals surface area contributed by atoms with E-state index >= 15 is 0 Å². The minimum atomic E-state index is -0.868. The van der Waals surface area contributed by atoms with Crippen molar-refractivity contribution in [1.29, 1.82) is 0 Å². The van der Waals surface area contributed by atoms with Crippen LogP contribution in [0.15, 0.2) is 53.6 Å². The van der Waals surface area contributed by atoms with Gasteiger partial charge in [-0.3, -0.25) is 9.59 Å². The third-order valence-electron chi connectivity index (χ3n) is 4.08. The Labute approximate surface area is 144 Å². The van der Waals surface area contributed by atoms with E-state index < -0.39 is 11.8 Å². The van der Waals surface area contributed by atoms with Crippen LogP contribution in [-0.2, 0) is 9.59 Å². The van der Waals surface area contributed by atoms with Crippen molar-refractivity contribution in [2.24, 2.45) is 11.0 Å². The molecule has 0 aliphatic carbocycles. The molecule has 2 aromatic carbocycles. The predicted octanol–water partition coefficient (Wildman–Crippen LogP) is 1.08. The monoisotopic (exact) mass is 339 g/mol. The largest absolute Gasteiger partial charge is 0.508 e. The Morgan fingerprint density at radius 1 is 1.20 bits per heavy atom. The van der Waals surface area contributed by atoms with Crippen LogP contribution in [0.25, 0.3) is 0 Å².